The van der Waals surface area contributed by atoms with Crippen LogP contribution in [0, 0.1) is 0 Å². The number of carbonyl (C=O) groups is 2. The molecular formula is C18H21N3O6S. The van der Waals surface area contributed by atoms with E-state index in [-0.39, 0.29) is 28.8 Å². The molecule has 0 bridgehead atoms. The van der Waals surface area contributed by atoms with Gasteiger partial charge in [0.2, 0.25) is 0 Å². The van der Waals surface area contributed by atoms with E-state index in [1.54, 1.807) is 38.1 Å². The molecule has 10 heteroatoms. The number of aromatic nitrogens is 2. The fourth-order valence-corrected chi connectivity index (χ4v) is 4.76. The van der Waals surface area contributed by atoms with E-state index in [1.807, 2.05) is 0 Å². The van der Waals surface area contributed by atoms with Crippen molar-refractivity contribution in [1.82, 2.24) is 15.1 Å². The zero-order chi connectivity index (χ0) is 20.5. The zero-order valence-electron chi connectivity index (χ0n) is 15.5. The highest BCUT2D eigenvalue weighted by atomic mass is 32.2. The molecule has 1 aliphatic heterocycles. The fourth-order valence-electron chi connectivity index (χ4n) is 3.08. The molecule has 9 nitrogen and oxygen atoms in total. The minimum absolute atomic E-state index is 0.0321. The third kappa shape index (κ3) is 4.22. The SMILES string of the molecule is CC(C)n1nc(C(=O)OCC(=O)NC2CCS(=O)(=O)C2)c2ccccc2c1=O. The van der Waals surface area contributed by atoms with E-state index in [4.69, 9.17) is 4.74 Å². The second-order valence-electron chi connectivity index (χ2n) is 6.98. The molecule has 3 rings (SSSR count). The predicted octanol–water partition coefficient (Wildman–Crippen LogP) is 0.438. The van der Waals surface area contributed by atoms with Gasteiger partial charge in [0.15, 0.2) is 22.1 Å². The lowest BCUT2D eigenvalue weighted by Gasteiger charge is -2.14. The summed E-state index contributed by atoms with van der Waals surface area (Å²) < 4.78 is 29.1. The van der Waals surface area contributed by atoms with Crippen molar-refractivity contribution < 1.29 is 22.7 Å². The molecule has 150 valence electrons. The maximum Gasteiger partial charge on any atom is 0.359 e. The summed E-state index contributed by atoms with van der Waals surface area (Å²) in [5.41, 5.74) is -0.373. The van der Waals surface area contributed by atoms with Crippen molar-refractivity contribution in [3.05, 3.63) is 40.3 Å². The number of sulfone groups is 1. The van der Waals surface area contributed by atoms with Gasteiger partial charge in [0.25, 0.3) is 11.5 Å². The molecule has 2 aromatic rings. The van der Waals surface area contributed by atoms with Crippen LogP contribution in [0.3, 0.4) is 0 Å². The Kier molecular flexibility index (Phi) is 5.50. The lowest BCUT2D eigenvalue weighted by Crippen LogP contribution is -2.38. The smallest absolute Gasteiger partial charge is 0.359 e. The van der Waals surface area contributed by atoms with Crippen LogP contribution in [0.1, 0.15) is 36.8 Å². The molecule has 1 amide bonds. The molecule has 28 heavy (non-hydrogen) atoms. The highest BCUT2D eigenvalue weighted by molar-refractivity contribution is 7.91. The molecule has 1 fully saturated rings. The molecular weight excluding hydrogens is 386 g/mol. The van der Waals surface area contributed by atoms with Gasteiger partial charge >= 0.3 is 5.97 Å². The molecule has 1 saturated heterocycles. The first-order valence-electron chi connectivity index (χ1n) is 8.86. The fraction of sp³-hybridized carbons (Fsp3) is 0.444. The number of hydrogen-bond donors (Lipinski definition) is 1. The van der Waals surface area contributed by atoms with Crippen molar-refractivity contribution in [2.45, 2.75) is 32.4 Å². The average Bonchev–Trinajstić information content (AvgIpc) is 2.98. The molecule has 1 aliphatic rings. The molecule has 1 N–H and O–H groups in total. The molecule has 1 atom stereocenters. The van der Waals surface area contributed by atoms with Gasteiger partial charge in [-0.25, -0.2) is 17.9 Å². The maximum absolute atomic E-state index is 12.5. The van der Waals surface area contributed by atoms with Crippen LogP contribution in [0.5, 0.6) is 0 Å². The number of rotatable bonds is 5. The minimum Gasteiger partial charge on any atom is -0.451 e. The Bertz CT molecular complexity index is 1090. The van der Waals surface area contributed by atoms with Crippen LogP contribution in [0.4, 0.5) is 0 Å². The summed E-state index contributed by atoms with van der Waals surface area (Å²) >= 11 is 0. The highest BCUT2D eigenvalue weighted by Crippen LogP contribution is 2.16. The van der Waals surface area contributed by atoms with E-state index in [0.717, 1.165) is 0 Å². The molecule has 0 spiro atoms. The van der Waals surface area contributed by atoms with Crippen molar-refractivity contribution in [1.29, 1.82) is 0 Å². The molecule has 1 aromatic carbocycles. The van der Waals surface area contributed by atoms with Crippen LogP contribution in [-0.2, 0) is 19.4 Å². The summed E-state index contributed by atoms with van der Waals surface area (Å²) in [4.78, 5) is 37.0. The average molecular weight is 407 g/mol. The monoisotopic (exact) mass is 407 g/mol. The van der Waals surface area contributed by atoms with E-state index >= 15 is 0 Å². The van der Waals surface area contributed by atoms with Crippen LogP contribution in [0.25, 0.3) is 10.8 Å². The number of nitrogens with zero attached hydrogens (tertiary/aromatic N) is 2. The van der Waals surface area contributed by atoms with Crippen LogP contribution < -0.4 is 10.9 Å². The number of carbonyl (C=O) groups excluding carboxylic acids is 2. The maximum atomic E-state index is 12.5. The molecule has 2 heterocycles. The van der Waals surface area contributed by atoms with Crippen LogP contribution in [0.2, 0.25) is 0 Å². The number of fused-ring (bicyclic) bond motifs is 1. The molecule has 1 aromatic heterocycles. The van der Waals surface area contributed by atoms with Crippen LogP contribution >= 0.6 is 0 Å². The van der Waals surface area contributed by atoms with E-state index in [0.29, 0.717) is 17.2 Å². The summed E-state index contributed by atoms with van der Waals surface area (Å²) in [6, 6.07) is 5.81. The number of ether oxygens (including phenoxy) is 1. The van der Waals surface area contributed by atoms with Crippen molar-refractivity contribution in [3.8, 4) is 0 Å². The summed E-state index contributed by atoms with van der Waals surface area (Å²) in [7, 11) is -3.12. The van der Waals surface area contributed by atoms with Gasteiger partial charge in [-0.1, -0.05) is 18.2 Å². The second kappa shape index (κ2) is 7.70. The Morgan fingerprint density at radius 2 is 1.96 bits per heavy atom. The first-order chi connectivity index (χ1) is 13.2. The van der Waals surface area contributed by atoms with Crippen molar-refractivity contribution in [3.63, 3.8) is 0 Å². The summed E-state index contributed by atoms with van der Waals surface area (Å²) in [5, 5.41) is 7.34. The normalized spacial score (nSPS) is 18.3. The molecule has 0 saturated carbocycles. The minimum atomic E-state index is -3.12. The van der Waals surface area contributed by atoms with Crippen molar-refractivity contribution in [2.24, 2.45) is 0 Å². The Morgan fingerprint density at radius 3 is 2.57 bits per heavy atom. The quantitative estimate of drug-likeness (QED) is 0.713. The molecule has 1 unspecified atom stereocenters. The summed E-state index contributed by atoms with van der Waals surface area (Å²) in [6.07, 6.45) is 0.341. The Labute approximate surface area is 161 Å². The molecule has 0 radical (unpaired) electrons. The lowest BCUT2D eigenvalue weighted by molar-refractivity contribution is -0.124. The third-order valence-corrected chi connectivity index (χ3v) is 6.21. The largest absolute Gasteiger partial charge is 0.451 e. The van der Waals surface area contributed by atoms with E-state index in [2.05, 4.69) is 10.4 Å². The Balaban J connectivity index is 1.76. The van der Waals surface area contributed by atoms with E-state index in [1.165, 1.54) is 4.68 Å². The number of esters is 1. The van der Waals surface area contributed by atoms with E-state index < -0.39 is 34.4 Å². The van der Waals surface area contributed by atoms with Gasteiger partial charge < -0.3 is 10.1 Å². The number of nitrogens with one attached hydrogen (secondary N) is 1. The summed E-state index contributed by atoms with van der Waals surface area (Å²) in [5.74, 6) is -1.50. The van der Waals surface area contributed by atoms with Gasteiger partial charge in [-0.3, -0.25) is 9.59 Å². The first-order valence-corrected chi connectivity index (χ1v) is 10.7. The highest BCUT2D eigenvalue weighted by Gasteiger charge is 2.29. The van der Waals surface area contributed by atoms with Gasteiger partial charge in [-0.2, -0.15) is 5.10 Å². The van der Waals surface area contributed by atoms with Crippen molar-refractivity contribution in [2.75, 3.05) is 18.1 Å². The lowest BCUT2D eigenvalue weighted by atomic mass is 10.1. The zero-order valence-corrected chi connectivity index (χ0v) is 16.4. The van der Waals surface area contributed by atoms with Gasteiger partial charge in [0.05, 0.1) is 22.9 Å². The summed E-state index contributed by atoms with van der Waals surface area (Å²) in [6.45, 7) is 2.97. The topological polar surface area (TPSA) is 124 Å². The number of benzene rings is 1. The standard InChI is InChI=1S/C18H21N3O6S/c1-11(2)21-17(23)14-6-4-3-5-13(14)16(20-21)18(24)27-9-15(22)19-12-7-8-28(25,26)10-12/h3-6,11-12H,7-10H2,1-2H3,(H,19,22). The van der Waals surface area contributed by atoms with Gasteiger partial charge in [0.1, 0.15) is 0 Å². The van der Waals surface area contributed by atoms with Gasteiger partial charge in [-0.05, 0) is 26.3 Å². The predicted molar refractivity (Wildman–Crippen MR) is 102 cm³/mol. The second-order valence-corrected chi connectivity index (χ2v) is 9.21. The number of amides is 1. The van der Waals surface area contributed by atoms with Crippen molar-refractivity contribution >= 4 is 32.5 Å². The first kappa shape index (κ1) is 20.0. The Morgan fingerprint density at radius 1 is 1.29 bits per heavy atom. The van der Waals surface area contributed by atoms with Crippen LogP contribution in [-0.4, -0.2) is 54.2 Å². The van der Waals surface area contributed by atoms with Gasteiger partial charge in [0, 0.05) is 11.4 Å². The van der Waals surface area contributed by atoms with E-state index in [9.17, 15) is 22.8 Å². The molecule has 0 aliphatic carbocycles. The van der Waals surface area contributed by atoms with Crippen LogP contribution in [0.15, 0.2) is 29.1 Å². The van der Waals surface area contributed by atoms with Gasteiger partial charge in [-0.15, -0.1) is 0 Å². The number of hydrogen-bond acceptors (Lipinski definition) is 7. The Hall–Kier alpha value is -2.75. The third-order valence-electron chi connectivity index (χ3n) is 4.44.